The van der Waals surface area contributed by atoms with Gasteiger partial charge in [-0.25, -0.2) is 0 Å². The van der Waals surface area contributed by atoms with Crippen molar-refractivity contribution in [2.75, 3.05) is 26.9 Å². The maximum atomic E-state index is 8.95. The standard InChI is InChI=1S/C9H15NO2/c1-11-5-2-3-9(7-10)4-6-12-8-9/h2-6,8H2,1H3. The highest BCUT2D eigenvalue weighted by Gasteiger charge is 2.34. The number of nitrogens with zero attached hydrogens (tertiary/aromatic N) is 1. The fourth-order valence-corrected chi connectivity index (χ4v) is 1.50. The molecule has 0 radical (unpaired) electrons. The highest BCUT2D eigenvalue weighted by atomic mass is 16.5. The Balaban J connectivity index is 2.30. The molecule has 0 saturated carbocycles. The van der Waals surface area contributed by atoms with Gasteiger partial charge in [0.25, 0.3) is 0 Å². The van der Waals surface area contributed by atoms with E-state index < -0.39 is 0 Å². The normalized spacial score (nSPS) is 28.7. The third-order valence-corrected chi connectivity index (χ3v) is 2.34. The van der Waals surface area contributed by atoms with Crippen LogP contribution in [0.25, 0.3) is 0 Å². The molecule has 12 heavy (non-hydrogen) atoms. The van der Waals surface area contributed by atoms with E-state index in [-0.39, 0.29) is 5.41 Å². The van der Waals surface area contributed by atoms with Crippen molar-refractivity contribution in [2.45, 2.75) is 19.3 Å². The molecule has 0 N–H and O–H groups in total. The van der Waals surface area contributed by atoms with Gasteiger partial charge in [0.15, 0.2) is 0 Å². The van der Waals surface area contributed by atoms with Crippen molar-refractivity contribution in [3.05, 3.63) is 0 Å². The summed E-state index contributed by atoms with van der Waals surface area (Å²) in [5, 5.41) is 8.95. The fraction of sp³-hybridized carbons (Fsp3) is 0.889. The van der Waals surface area contributed by atoms with Crippen LogP contribution < -0.4 is 0 Å². The summed E-state index contributed by atoms with van der Waals surface area (Å²) >= 11 is 0. The molecule has 0 aliphatic carbocycles. The van der Waals surface area contributed by atoms with Crippen molar-refractivity contribution in [2.24, 2.45) is 5.41 Å². The first-order chi connectivity index (χ1) is 5.83. The number of ether oxygens (including phenoxy) is 2. The number of methoxy groups -OCH3 is 1. The molecule has 0 amide bonds. The molecule has 1 saturated heterocycles. The van der Waals surface area contributed by atoms with Gasteiger partial charge in [-0.3, -0.25) is 0 Å². The van der Waals surface area contributed by atoms with Crippen molar-refractivity contribution >= 4 is 0 Å². The predicted octanol–water partition coefficient (Wildman–Crippen LogP) is 1.34. The molecule has 3 nitrogen and oxygen atoms in total. The molecule has 68 valence electrons. The maximum Gasteiger partial charge on any atom is 0.0829 e. The highest BCUT2D eigenvalue weighted by molar-refractivity contribution is 5.01. The Morgan fingerprint density at radius 2 is 2.50 bits per heavy atom. The Hall–Kier alpha value is -0.590. The fourth-order valence-electron chi connectivity index (χ4n) is 1.50. The van der Waals surface area contributed by atoms with Crippen LogP contribution in [-0.2, 0) is 9.47 Å². The lowest BCUT2D eigenvalue weighted by Gasteiger charge is -2.17. The summed E-state index contributed by atoms with van der Waals surface area (Å²) in [6.45, 7) is 2.08. The topological polar surface area (TPSA) is 42.2 Å². The zero-order chi connectivity index (χ0) is 8.86. The van der Waals surface area contributed by atoms with Crippen LogP contribution in [0.15, 0.2) is 0 Å². The number of nitriles is 1. The minimum atomic E-state index is -0.210. The third kappa shape index (κ3) is 2.20. The third-order valence-electron chi connectivity index (χ3n) is 2.34. The predicted molar refractivity (Wildman–Crippen MR) is 44.6 cm³/mol. The van der Waals surface area contributed by atoms with Gasteiger partial charge in [0.05, 0.1) is 18.1 Å². The second-order valence-electron chi connectivity index (χ2n) is 3.29. The number of hydrogen-bond acceptors (Lipinski definition) is 3. The van der Waals surface area contributed by atoms with E-state index in [4.69, 9.17) is 14.7 Å². The zero-order valence-electron chi connectivity index (χ0n) is 7.51. The Kier molecular flexibility index (Phi) is 3.51. The Labute approximate surface area is 73.3 Å². The van der Waals surface area contributed by atoms with Crippen LogP contribution >= 0.6 is 0 Å². The van der Waals surface area contributed by atoms with E-state index >= 15 is 0 Å². The molecule has 1 aliphatic rings. The lowest BCUT2D eigenvalue weighted by atomic mass is 9.84. The SMILES string of the molecule is COCCCC1(C#N)CCOC1. The van der Waals surface area contributed by atoms with Gasteiger partial charge < -0.3 is 9.47 Å². The molecule has 0 aromatic rings. The van der Waals surface area contributed by atoms with Crippen molar-refractivity contribution in [1.82, 2.24) is 0 Å². The van der Waals surface area contributed by atoms with E-state index in [0.717, 1.165) is 32.5 Å². The second-order valence-corrected chi connectivity index (χ2v) is 3.29. The lowest BCUT2D eigenvalue weighted by Crippen LogP contribution is -2.18. The molecular weight excluding hydrogens is 154 g/mol. The van der Waals surface area contributed by atoms with Gasteiger partial charge in [-0.15, -0.1) is 0 Å². The molecular formula is C9H15NO2. The van der Waals surface area contributed by atoms with Gasteiger partial charge in [0.1, 0.15) is 0 Å². The molecule has 1 heterocycles. The maximum absolute atomic E-state index is 8.95. The zero-order valence-corrected chi connectivity index (χ0v) is 7.51. The van der Waals surface area contributed by atoms with E-state index in [2.05, 4.69) is 6.07 Å². The van der Waals surface area contributed by atoms with Gasteiger partial charge in [-0.1, -0.05) is 0 Å². The van der Waals surface area contributed by atoms with Crippen LogP contribution in [0, 0.1) is 16.7 Å². The van der Waals surface area contributed by atoms with Gasteiger partial charge in [0.2, 0.25) is 0 Å². The van der Waals surface area contributed by atoms with Gasteiger partial charge in [-0.2, -0.15) is 5.26 Å². The van der Waals surface area contributed by atoms with E-state index in [1.54, 1.807) is 7.11 Å². The number of rotatable bonds is 4. The van der Waals surface area contributed by atoms with E-state index in [9.17, 15) is 0 Å². The largest absolute Gasteiger partial charge is 0.385 e. The molecule has 1 atom stereocenters. The summed E-state index contributed by atoms with van der Waals surface area (Å²) in [6, 6.07) is 2.36. The summed E-state index contributed by atoms with van der Waals surface area (Å²) in [5.41, 5.74) is -0.210. The van der Waals surface area contributed by atoms with Crippen LogP contribution in [0.5, 0.6) is 0 Å². The quantitative estimate of drug-likeness (QED) is 0.596. The summed E-state index contributed by atoms with van der Waals surface area (Å²) in [7, 11) is 1.68. The minimum Gasteiger partial charge on any atom is -0.385 e. The summed E-state index contributed by atoms with van der Waals surface area (Å²) in [6.07, 6.45) is 2.73. The molecule has 0 spiro atoms. The van der Waals surface area contributed by atoms with E-state index in [0.29, 0.717) is 6.61 Å². The van der Waals surface area contributed by atoms with Crippen molar-refractivity contribution in [3.8, 4) is 6.07 Å². The lowest BCUT2D eigenvalue weighted by molar-refractivity contribution is 0.152. The van der Waals surface area contributed by atoms with Crippen molar-refractivity contribution < 1.29 is 9.47 Å². The van der Waals surface area contributed by atoms with Crippen LogP contribution in [0.3, 0.4) is 0 Å². The van der Waals surface area contributed by atoms with Gasteiger partial charge in [0, 0.05) is 20.3 Å². The molecule has 0 aromatic heterocycles. The molecule has 0 aromatic carbocycles. The Morgan fingerprint density at radius 1 is 1.67 bits per heavy atom. The summed E-state index contributed by atoms with van der Waals surface area (Å²) in [5.74, 6) is 0. The molecule has 1 aliphatic heterocycles. The van der Waals surface area contributed by atoms with Crippen molar-refractivity contribution in [3.63, 3.8) is 0 Å². The summed E-state index contributed by atoms with van der Waals surface area (Å²) < 4.78 is 10.2. The average Bonchev–Trinajstić information content (AvgIpc) is 2.55. The monoisotopic (exact) mass is 169 g/mol. The average molecular weight is 169 g/mol. The molecule has 1 fully saturated rings. The van der Waals surface area contributed by atoms with Crippen LogP contribution in [0.2, 0.25) is 0 Å². The van der Waals surface area contributed by atoms with E-state index in [1.165, 1.54) is 0 Å². The Morgan fingerprint density at radius 3 is 3.00 bits per heavy atom. The first-order valence-electron chi connectivity index (χ1n) is 4.31. The molecule has 0 bridgehead atoms. The molecule has 1 rings (SSSR count). The highest BCUT2D eigenvalue weighted by Crippen LogP contribution is 2.32. The van der Waals surface area contributed by atoms with Crippen molar-refractivity contribution in [1.29, 1.82) is 5.26 Å². The Bertz CT molecular complexity index is 168. The first-order valence-corrected chi connectivity index (χ1v) is 4.31. The van der Waals surface area contributed by atoms with Crippen LogP contribution in [0.4, 0.5) is 0 Å². The minimum absolute atomic E-state index is 0.210. The number of hydrogen-bond donors (Lipinski definition) is 0. The molecule has 1 unspecified atom stereocenters. The summed E-state index contributed by atoms with van der Waals surface area (Å²) in [4.78, 5) is 0. The van der Waals surface area contributed by atoms with Gasteiger partial charge in [-0.05, 0) is 19.3 Å². The van der Waals surface area contributed by atoms with E-state index in [1.807, 2.05) is 0 Å². The van der Waals surface area contributed by atoms with Gasteiger partial charge >= 0.3 is 0 Å². The first kappa shape index (κ1) is 9.50. The van der Waals surface area contributed by atoms with Crippen LogP contribution in [-0.4, -0.2) is 26.9 Å². The smallest absolute Gasteiger partial charge is 0.0829 e. The molecule has 3 heteroatoms. The second kappa shape index (κ2) is 4.44. The van der Waals surface area contributed by atoms with Crippen LogP contribution in [0.1, 0.15) is 19.3 Å².